The standard InChI is InChI=1S/C17H20N6/c1-22-8-11(9-23-20-10-19-21-23)5-14-13-3-2-4-15-17(13)12(7-18-15)6-16(14)22/h2-4,7,10-11,14,16,18H,5-6,8-9H2,1H3/t11-,14?,16+/m0/s1. The molecule has 0 amide bonds. The molecule has 0 radical (unpaired) electrons. The zero-order chi connectivity index (χ0) is 15.4. The highest BCUT2D eigenvalue weighted by atomic mass is 15.6. The molecule has 1 aromatic carbocycles. The van der Waals surface area contributed by atoms with Gasteiger partial charge in [0.2, 0.25) is 0 Å². The first-order valence-corrected chi connectivity index (χ1v) is 8.29. The molecule has 118 valence electrons. The van der Waals surface area contributed by atoms with Gasteiger partial charge in [-0.3, -0.25) is 0 Å². The largest absolute Gasteiger partial charge is 0.361 e. The molecule has 1 aliphatic heterocycles. The van der Waals surface area contributed by atoms with Crippen molar-refractivity contribution in [2.75, 3.05) is 13.6 Å². The number of likely N-dealkylation sites (tertiary alicyclic amines) is 1. The van der Waals surface area contributed by atoms with Crippen LogP contribution in [0.5, 0.6) is 0 Å². The van der Waals surface area contributed by atoms with Crippen LogP contribution in [0, 0.1) is 5.92 Å². The molecule has 6 heteroatoms. The topological polar surface area (TPSA) is 62.6 Å². The van der Waals surface area contributed by atoms with Crippen molar-refractivity contribution in [2.24, 2.45) is 5.92 Å². The second-order valence-electron chi connectivity index (χ2n) is 6.99. The van der Waals surface area contributed by atoms with E-state index in [9.17, 15) is 0 Å². The van der Waals surface area contributed by atoms with Crippen molar-refractivity contribution in [3.05, 3.63) is 41.9 Å². The second-order valence-corrected chi connectivity index (χ2v) is 6.99. The third-order valence-electron chi connectivity index (χ3n) is 5.63. The Hall–Kier alpha value is -2.21. The van der Waals surface area contributed by atoms with Crippen LogP contribution in [-0.4, -0.2) is 49.7 Å². The molecule has 3 aromatic rings. The summed E-state index contributed by atoms with van der Waals surface area (Å²) >= 11 is 0. The van der Waals surface area contributed by atoms with Crippen LogP contribution in [0.25, 0.3) is 10.9 Å². The zero-order valence-corrected chi connectivity index (χ0v) is 13.2. The number of nitrogens with zero attached hydrogens (tertiary/aromatic N) is 5. The van der Waals surface area contributed by atoms with Crippen molar-refractivity contribution in [2.45, 2.75) is 31.3 Å². The Morgan fingerprint density at radius 1 is 1.35 bits per heavy atom. The van der Waals surface area contributed by atoms with Crippen molar-refractivity contribution in [3.8, 4) is 0 Å². The van der Waals surface area contributed by atoms with Crippen LogP contribution in [0.15, 0.2) is 30.7 Å². The van der Waals surface area contributed by atoms with Gasteiger partial charge in [0.15, 0.2) is 6.33 Å². The van der Waals surface area contributed by atoms with Crippen LogP contribution in [0.4, 0.5) is 0 Å². The number of aromatic amines is 1. The number of benzene rings is 1. The lowest BCUT2D eigenvalue weighted by Crippen LogP contribution is -2.48. The van der Waals surface area contributed by atoms with Gasteiger partial charge in [0.1, 0.15) is 0 Å². The molecule has 2 aromatic heterocycles. The number of piperidine rings is 1. The van der Waals surface area contributed by atoms with E-state index in [1.807, 2.05) is 0 Å². The molecule has 6 nitrogen and oxygen atoms in total. The molecule has 2 aliphatic rings. The number of fused-ring (bicyclic) bond motifs is 2. The minimum absolute atomic E-state index is 0.561. The van der Waals surface area contributed by atoms with E-state index < -0.39 is 0 Å². The number of nitrogens with one attached hydrogen (secondary N) is 1. The maximum Gasteiger partial charge on any atom is 0.162 e. The lowest BCUT2D eigenvalue weighted by atomic mass is 9.72. The summed E-state index contributed by atoms with van der Waals surface area (Å²) in [6.07, 6.45) is 6.05. The van der Waals surface area contributed by atoms with E-state index in [4.69, 9.17) is 0 Å². The first-order chi connectivity index (χ1) is 11.3. The van der Waals surface area contributed by atoms with Gasteiger partial charge < -0.3 is 9.88 Å². The Morgan fingerprint density at radius 2 is 2.30 bits per heavy atom. The third-order valence-corrected chi connectivity index (χ3v) is 5.63. The van der Waals surface area contributed by atoms with Crippen molar-refractivity contribution >= 4 is 10.9 Å². The molecular formula is C17H20N6. The highest BCUT2D eigenvalue weighted by molar-refractivity contribution is 5.88. The molecular weight excluding hydrogens is 288 g/mol. The summed E-state index contributed by atoms with van der Waals surface area (Å²) in [5.41, 5.74) is 4.26. The fourth-order valence-electron chi connectivity index (χ4n) is 4.69. The van der Waals surface area contributed by atoms with E-state index in [0.717, 1.165) is 19.5 Å². The summed E-state index contributed by atoms with van der Waals surface area (Å²) < 4.78 is 0. The highest BCUT2D eigenvalue weighted by Gasteiger charge is 2.39. The molecule has 1 unspecified atom stereocenters. The minimum atomic E-state index is 0.561. The molecule has 1 fully saturated rings. The average Bonchev–Trinajstić information content (AvgIpc) is 3.20. The maximum absolute atomic E-state index is 4.18. The summed E-state index contributed by atoms with van der Waals surface area (Å²) in [7, 11) is 2.26. The van der Waals surface area contributed by atoms with Gasteiger partial charge in [-0.05, 0) is 48.2 Å². The molecule has 1 saturated heterocycles. The predicted molar refractivity (Wildman–Crippen MR) is 87.1 cm³/mol. The molecule has 1 aliphatic carbocycles. The fraction of sp³-hybridized carbons (Fsp3) is 0.471. The summed E-state index contributed by atoms with van der Waals surface area (Å²) in [5.74, 6) is 1.15. The summed E-state index contributed by atoms with van der Waals surface area (Å²) in [5, 5.41) is 13.5. The summed E-state index contributed by atoms with van der Waals surface area (Å²) in [4.78, 5) is 7.70. The first-order valence-electron chi connectivity index (χ1n) is 8.29. The van der Waals surface area contributed by atoms with Crippen LogP contribution >= 0.6 is 0 Å². The predicted octanol–water partition coefficient (Wildman–Crippen LogP) is 1.81. The van der Waals surface area contributed by atoms with E-state index in [0.29, 0.717) is 17.9 Å². The molecule has 0 spiro atoms. The van der Waals surface area contributed by atoms with Crippen LogP contribution < -0.4 is 0 Å². The third kappa shape index (κ3) is 2.01. The van der Waals surface area contributed by atoms with Gasteiger partial charge in [0, 0.05) is 35.6 Å². The lowest BCUT2D eigenvalue weighted by molar-refractivity contribution is 0.0989. The van der Waals surface area contributed by atoms with Gasteiger partial charge in [-0.15, -0.1) is 10.2 Å². The number of hydrogen-bond acceptors (Lipinski definition) is 4. The molecule has 3 atom stereocenters. The minimum Gasteiger partial charge on any atom is -0.361 e. The number of tetrazole rings is 1. The SMILES string of the molecule is CN1C[C@@H](Cn2ncnn2)CC2c3cccc4[nH]cc(c34)C[C@H]21. The smallest absolute Gasteiger partial charge is 0.162 e. The maximum atomic E-state index is 4.18. The lowest BCUT2D eigenvalue weighted by Gasteiger charge is -2.45. The van der Waals surface area contributed by atoms with Crippen molar-refractivity contribution in [1.82, 2.24) is 30.1 Å². The van der Waals surface area contributed by atoms with Gasteiger partial charge in [0.25, 0.3) is 0 Å². The Morgan fingerprint density at radius 3 is 3.17 bits per heavy atom. The molecule has 0 saturated carbocycles. The van der Waals surface area contributed by atoms with Gasteiger partial charge in [-0.1, -0.05) is 12.1 Å². The number of aromatic nitrogens is 5. The van der Waals surface area contributed by atoms with Crippen LogP contribution in [0.2, 0.25) is 0 Å². The molecule has 3 heterocycles. The number of likely N-dealkylation sites (N-methyl/N-ethyl adjacent to an activating group) is 1. The normalized spacial score (nSPS) is 27.3. The Balaban J connectivity index is 1.52. The molecule has 5 rings (SSSR count). The Labute approximate surface area is 134 Å². The van der Waals surface area contributed by atoms with E-state index in [-0.39, 0.29) is 0 Å². The Bertz CT molecular complexity index is 836. The summed E-state index contributed by atoms with van der Waals surface area (Å²) in [6, 6.07) is 7.29. The van der Waals surface area contributed by atoms with E-state index >= 15 is 0 Å². The van der Waals surface area contributed by atoms with E-state index in [1.165, 1.54) is 34.8 Å². The first kappa shape index (κ1) is 13.2. The number of rotatable bonds is 2. The van der Waals surface area contributed by atoms with Crippen LogP contribution in [-0.2, 0) is 13.0 Å². The van der Waals surface area contributed by atoms with Crippen molar-refractivity contribution < 1.29 is 0 Å². The highest BCUT2D eigenvalue weighted by Crippen LogP contribution is 2.44. The van der Waals surface area contributed by atoms with Crippen molar-refractivity contribution in [3.63, 3.8) is 0 Å². The van der Waals surface area contributed by atoms with Gasteiger partial charge in [-0.2, -0.15) is 4.80 Å². The molecule has 0 bridgehead atoms. The van der Waals surface area contributed by atoms with E-state index in [2.05, 4.69) is 56.7 Å². The van der Waals surface area contributed by atoms with Crippen LogP contribution in [0.1, 0.15) is 23.5 Å². The monoisotopic (exact) mass is 308 g/mol. The quantitative estimate of drug-likeness (QED) is 0.784. The van der Waals surface area contributed by atoms with Crippen molar-refractivity contribution in [1.29, 1.82) is 0 Å². The second kappa shape index (κ2) is 4.89. The number of hydrogen-bond donors (Lipinski definition) is 1. The van der Waals surface area contributed by atoms with E-state index in [1.54, 1.807) is 4.80 Å². The molecule has 23 heavy (non-hydrogen) atoms. The van der Waals surface area contributed by atoms with Gasteiger partial charge in [-0.25, -0.2) is 0 Å². The van der Waals surface area contributed by atoms with Crippen LogP contribution in [0.3, 0.4) is 0 Å². The fourth-order valence-corrected chi connectivity index (χ4v) is 4.69. The zero-order valence-electron chi connectivity index (χ0n) is 13.2. The Kier molecular flexibility index (Phi) is 2.82. The average molecular weight is 308 g/mol. The van der Waals surface area contributed by atoms with Gasteiger partial charge in [0.05, 0.1) is 6.54 Å². The number of H-pyrrole nitrogens is 1. The molecule has 1 N–H and O–H groups in total. The summed E-state index contributed by atoms with van der Waals surface area (Å²) in [6.45, 7) is 1.95. The van der Waals surface area contributed by atoms with Gasteiger partial charge >= 0.3 is 0 Å².